The van der Waals surface area contributed by atoms with Crippen LogP contribution in [0.5, 0.6) is 0 Å². The van der Waals surface area contributed by atoms with Crippen LogP contribution in [0.25, 0.3) is 0 Å². The first-order chi connectivity index (χ1) is 8.89. The maximum absolute atomic E-state index is 11.6. The summed E-state index contributed by atoms with van der Waals surface area (Å²) in [4.78, 5) is 11.6. The monoisotopic (exact) mass is 262 g/mol. The van der Waals surface area contributed by atoms with Crippen molar-refractivity contribution >= 4 is 11.8 Å². The number of carbonyl (C=O) groups is 1. The second kappa shape index (κ2) is 5.11. The molecule has 0 saturated heterocycles. The number of rotatable bonds is 3. The Morgan fingerprint density at radius 1 is 1.26 bits per heavy atom. The van der Waals surface area contributed by atoms with E-state index in [4.69, 9.17) is 4.74 Å². The summed E-state index contributed by atoms with van der Waals surface area (Å²) in [6.45, 7) is 5.82. The molecule has 19 heavy (non-hydrogen) atoms. The van der Waals surface area contributed by atoms with Gasteiger partial charge in [-0.05, 0) is 44.9 Å². The van der Waals surface area contributed by atoms with Crippen LogP contribution in [0, 0.1) is 0 Å². The van der Waals surface area contributed by atoms with Crippen molar-refractivity contribution < 1.29 is 9.53 Å². The van der Waals surface area contributed by atoms with Gasteiger partial charge in [0, 0.05) is 24.2 Å². The summed E-state index contributed by atoms with van der Waals surface area (Å²) in [5.41, 5.74) is 2.07. The molecule has 1 aliphatic rings. The number of benzene rings is 1. The fraction of sp³-hybridized carbons (Fsp3) is 0.533. The van der Waals surface area contributed by atoms with Gasteiger partial charge in [-0.2, -0.15) is 0 Å². The highest BCUT2D eigenvalue weighted by atomic mass is 16.6. The molecule has 4 nitrogen and oxygen atoms in total. The summed E-state index contributed by atoms with van der Waals surface area (Å²) in [5, 5.41) is 5.90. The van der Waals surface area contributed by atoms with Crippen LogP contribution in [0.15, 0.2) is 24.3 Å². The summed E-state index contributed by atoms with van der Waals surface area (Å²) < 4.78 is 5.40. The number of amides is 1. The second-order valence-electron chi connectivity index (χ2n) is 6.03. The molecule has 2 unspecified atom stereocenters. The van der Waals surface area contributed by atoms with Crippen molar-refractivity contribution in [1.29, 1.82) is 0 Å². The zero-order valence-corrected chi connectivity index (χ0v) is 12.0. The molecule has 1 aromatic carbocycles. The van der Waals surface area contributed by atoms with E-state index in [0.29, 0.717) is 5.92 Å². The Labute approximate surface area is 114 Å². The van der Waals surface area contributed by atoms with Crippen LogP contribution in [0.2, 0.25) is 0 Å². The molecule has 0 radical (unpaired) electrons. The Morgan fingerprint density at radius 3 is 2.42 bits per heavy atom. The molecular weight excluding hydrogens is 240 g/mol. The Kier molecular flexibility index (Phi) is 3.69. The van der Waals surface area contributed by atoms with Crippen molar-refractivity contribution in [3.05, 3.63) is 29.8 Å². The number of nitrogens with one attached hydrogen (secondary N) is 2. The van der Waals surface area contributed by atoms with Gasteiger partial charge in [-0.3, -0.25) is 0 Å². The lowest BCUT2D eigenvalue weighted by molar-refractivity contribution is 0.128. The molecule has 0 aromatic heterocycles. The zero-order valence-electron chi connectivity index (χ0n) is 12.0. The molecule has 0 heterocycles. The van der Waals surface area contributed by atoms with E-state index in [9.17, 15) is 4.79 Å². The van der Waals surface area contributed by atoms with Gasteiger partial charge in [0.1, 0.15) is 6.10 Å². The molecule has 1 aliphatic carbocycles. The van der Waals surface area contributed by atoms with Gasteiger partial charge in [-0.1, -0.05) is 12.1 Å². The van der Waals surface area contributed by atoms with E-state index >= 15 is 0 Å². The molecule has 1 saturated carbocycles. The van der Waals surface area contributed by atoms with E-state index < -0.39 is 0 Å². The summed E-state index contributed by atoms with van der Waals surface area (Å²) in [6.07, 6.45) is 0.603. The van der Waals surface area contributed by atoms with Crippen LogP contribution in [-0.4, -0.2) is 24.8 Å². The van der Waals surface area contributed by atoms with Gasteiger partial charge in [-0.15, -0.1) is 0 Å². The van der Waals surface area contributed by atoms with Crippen molar-refractivity contribution in [2.24, 2.45) is 0 Å². The van der Waals surface area contributed by atoms with E-state index in [1.165, 1.54) is 5.56 Å². The van der Waals surface area contributed by atoms with Crippen LogP contribution in [0.3, 0.4) is 0 Å². The summed E-state index contributed by atoms with van der Waals surface area (Å²) in [7, 11) is 1.90. The Bertz CT molecular complexity index is 448. The van der Waals surface area contributed by atoms with Crippen LogP contribution < -0.4 is 10.6 Å². The van der Waals surface area contributed by atoms with Crippen LogP contribution >= 0.6 is 0 Å². The molecule has 1 amide bonds. The Morgan fingerprint density at radius 2 is 1.89 bits per heavy atom. The third kappa shape index (κ3) is 3.88. The minimum atomic E-state index is -0.327. The Hall–Kier alpha value is -1.71. The molecule has 4 heteroatoms. The summed E-state index contributed by atoms with van der Waals surface area (Å²) in [5.74, 6) is 0.344. The average Bonchev–Trinajstić information content (AvgIpc) is 3.06. The van der Waals surface area contributed by atoms with E-state index in [1.54, 1.807) is 0 Å². The van der Waals surface area contributed by atoms with Crippen molar-refractivity contribution in [1.82, 2.24) is 5.32 Å². The van der Waals surface area contributed by atoms with Gasteiger partial charge in [0.15, 0.2) is 0 Å². The summed E-state index contributed by atoms with van der Waals surface area (Å²) in [6, 6.07) is 8.25. The lowest BCUT2D eigenvalue weighted by Crippen LogP contribution is -2.41. The third-order valence-electron chi connectivity index (χ3n) is 3.09. The van der Waals surface area contributed by atoms with Gasteiger partial charge in [0.25, 0.3) is 0 Å². The van der Waals surface area contributed by atoms with Gasteiger partial charge in [0.2, 0.25) is 0 Å². The highest BCUT2D eigenvalue weighted by molar-refractivity contribution is 5.68. The number of hydrogen-bond donors (Lipinski definition) is 2. The van der Waals surface area contributed by atoms with Crippen LogP contribution in [0.4, 0.5) is 10.5 Å². The fourth-order valence-corrected chi connectivity index (χ4v) is 2.02. The Balaban J connectivity index is 1.85. The zero-order chi connectivity index (χ0) is 14.0. The fourth-order valence-electron chi connectivity index (χ4n) is 2.02. The number of anilines is 1. The maximum atomic E-state index is 11.6. The van der Waals surface area contributed by atoms with E-state index in [0.717, 1.165) is 12.1 Å². The first-order valence-corrected chi connectivity index (χ1v) is 6.65. The average molecular weight is 262 g/mol. The standard InChI is InChI=1S/C15H22N2O2/c1-15(2,3)17-14(18)19-13-9-12(13)10-5-7-11(16-4)8-6-10/h5-8,12-13,16H,9H2,1-4H3,(H,17,18). The highest BCUT2D eigenvalue weighted by Crippen LogP contribution is 2.43. The first-order valence-electron chi connectivity index (χ1n) is 6.65. The number of alkyl carbamates (subject to hydrolysis) is 1. The SMILES string of the molecule is CNc1ccc(C2CC2OC(=O)NC(C)(C)C)cc1. The van der Waals surface area contributed by atoms with E-state index in [2.05, 4.69) is 22.8 Å². The highest BCUT2D eigenvalue weighted by Gasteiger charge is 2.42. The van der Waals surface area contributed by atoms with Gasteiger partial charge in [0.05, 0.1) is 0 Å². The molecule has 2 rings (SSSR count). The van der Waals surface area contributed by atoms with Gasteiger partial charge in [-0.25, -0.2) is 4.79 Å². The predicted molar refractivity (Wildman–Crippen MR) is 76.5 cm³/mol. The lowest BCUT2D eigenvalue weighted by atomic mass is 10.1. The quantitative estimate of drug-likeness (QED) is 0.880. The maximum Gasteiger partial charge on any atom is 0.407 e. The smallest absolute Gasteiger partial charge is 0.407 e. The topological polar surface area (TPSA) is 50.4 Å². The molecule has 2 N–H and O–H groups in total. The van der Waals surface area contributed by atoms with Crippen LogP contribution in [-0.2, 0) is 4.74 Å². The van der Waals surface area contributed by atoms with Crippen molar-refractivity contribution in [2.45, 2.75) is 44.8 Å². The minimum Gasteiger partial charge on any atom is -0.446 e. The molecule has 1 fully saturated rings. The second-order valence-corrected chi connectivity index (χ2v) is 6.03. The largest absolute Gasteiger partial charge is 0.446 e. The van der Waals surface area contributed by atoms with Crippen molar-refractivity contribution in [3.63, 3.8) is 0 Å². The normalized spacial score (nSPS) is 21.7. The molecule has 0 spiro atoms. The third-order valence-corrected chi connectivity index (χ3v) is 3.09. The molecule has 0 bridgehead atoms. The number of hydrogen-bond acceptors (Lipinski definition) is 3. The number of ether oxygens (including phenoxy) is 1. The molecule has 0 aliphatic heterocycles. The van der Waals surface area contributed by atoms with Gasteiger partial charge < -0.3 is 15.4 Å². The lowest BCUT2D eigenvalue weighted by Gasteiger charge is -2.20. The van der Waals surface area contributed by atoms with Crippen molar-refractivity contribution in [3.8, 4) is 0 Å². The number of carbonyl (C=O) groups excluding carboxylic acids is 1. The van der Waals surface area contributed by atoms with Crippen LogP contribution in [0.1, 0.15) is 38.7 Å². The minimum absolute atomic E-state index is 0.0165. The molecule has 104 valence electrons. The molecule has 1 aromatic rings. The molecule has 2 atom stereocenters. The predicted octanol–water partition coefficient (Wildman–Crippen LogP) is 3.11. The molecular formula is C15H22N2O2. The first kappa shape index (κ1) is 13.7. The van der Waals surface area contributed by atoms with Crippen molar-refractivity contribution in [2.75, 3.05) is 12.4 Å². The van der Waals surface area contributed by atoms with E-state index in [-0.39, 0.29) is 17.7 Å². The van der Waals surface area contributed by atoms with Gasteiger partial charge >= 0.3 is 6.09 Å². The van der Waals surface area contributed by atoms with E-state index in [1.807, 2.05) is 40.0 Å². The summed E-state index contributed by atoms with van der Waals surface area (Å²) >= 11 is 0.